The van der Waals surface area contributed by atoms with Crippen molar-refractivity contribution in [2.75, 3.05) is 26.2 Å². The summed E-state index contributed by atoms with van der Waals surface area (Å²) < 4.78 is 7.61. The Morgan fingerprint density at radius 3 is 2.30 bits per heavy atom. The van der Waals surface area contributed by atoms with Gasteiger partial charge in [0, 0.05) is 91.1 Å². The number of carbonyl (C=O) groups is 4. The zero-order valence-corrected chi connectivity index (χ0v) is 30.8. The van der Waals surface area contributed by atoms with Gasteiger partial charge in [-0.2, -0.15) is 0 Å². The number of hydrogen-bond acceptors (Lipinski definition) is 8. The lowest BCUT2D eigenvalue weighted by molar-refractivity contribution is -0.139. The maximum atomic E-state index is 12.7. The van der Waals surface area contributed by atoms with E-state index in [1.807, 2.05) is 43.0 Å². The Labute approximate surface area is 303 Å². The van der Waals surface area contributed by atoms with Gasteiger partial charge >= 0.3 is 0 Å². The molecule has 2 N–H and O–H groups in total. The molecule has 50 heavy (non-hydrogen) atoms. The summed E-state index contributed by atoms with van der Waals surface area (Å²) in [6.07, 6.45) is 10.0. The zero-order valence-electron chi connectivity index (χ0n) is 29.2. The molecule has 0 radical (unpaired) electrons. The third-order valence-electron chi connectivity index (χ3n) is 9.51. The molecule has 3 saturated heterocycles. The van der Waals surface area contributed by atoms with Crippen LogP contribution in [-0.4, -0.2) is 75.6 Å². The van der Waals surface area contributed by atoms with E-state index < -0.39 is 0 Å². The van der Waals surface area contributed by atoms with Gasteiger partial charge < -0.3 is 20.3 Å². The first-order valence-corrected chi connectivity index (χ1v) is 18.9. The Bertz CT molecular complexity index is 1700. The number of aryl methyl sites for hydroxylation is 1. The van der Waals surface area contributed by atoms with E-state index >= 15 is 0 Å². The Kier molecular flexibility index (Phi) is 13.0. The van der Waals surface area contributed by atoms with Gasteiger partial charge in [0.15, 0.2) is 0 Å². The number of allylic oxidation sites excluding steroid dienone is 1. The van der Waals surface area contributed by atoms with E-state index in [1.54, 1.807) is 11.1 Å². The fraction of sp³-hybridized carbons (Fsp3) is 0.500. The molecular weight excluding hydrogens is 674 g/mol. The molecule has 0 bridgehead atoms. The minimum absolute atomic E-state index is 0.00866. The summed E-state index contributed by atoms with van der Waals surface area (Å²) in [6, 6.07) is 7.74. The van der Waals surface area contributed by atoms with E-state index in [0.29, 0.717) is 37.5 Å². The maximum Gasteiger partial charge on any atom is 0.230 e. The highest BCUT2D eigenvalue weighted by atomic mass is 35.5. The van der Waals surface area contributed by atoms with Gasteiger partial charge in [0.05, 0.1) is 16.8 Å². The van der Waals surface area contributed by atoms with E-state index in [9.17, 15) is 19.2 Å². The van der Waals surface area contributed by atoms with E-state index in [-0.39, 0.29) is 49.1 Å². The molecule has 0 spiro atoms. The number of halogens is 1. The number of thiophene rings is 1. The predicted octanol–water partition coefficient (Wildman–Crippen LogP) is 7.00. The topological polar surface area (TPSA) is 126 Å². The Morgan fingerprint density at radius 1 is 0.980 bits per heavy atom. The number of ether oxygens (including phenoxy) is 1. The van der Waals surface area contributed by atoms with Crippen LogP contribution in [0.2, 0.25) is 5.02 Å². The number of amides is 4. The van der Waals surface area contributed by atoms with Gasteiger partial charge in [0.25, 0.3) is 0 Å². The molecule has 0 saturated carbocycles. The Balaban J connectivity index is 0.000000470. The average molecular weight is 722 g/mol. The van der Waals surface area contributed by atoms with Crippen LogP contribution in [0.3, 0.4) is 0 Å². The third kappa shape index (κ3) is 9.10. The third-order valence-corrected chi connectivity index (χ3v) is 10.9. The highest BCUT2D eigenvalue weighted by molar-refractivity contribution is 7.19. The summed E-state index contributed by atoms with van der Waals surface area (Å²) in [6.45, 7) is 10.9. The summed E-state index contributed by atoms with van der Waals surface area (Å²) in [5.41, 5.74) is 10.1. The van der Waals surface area contributed by atoms with E-state index in [1.165, 1.54) is 16.2 Å². The lowest BCUT2D eigenvalue weighted by atomic mass is 10.0. The molecule has 0 atom stereocenters. The molecule has 268 valence electrons. The van der Waals surface area contributed by atoms with Crippen LogP contribution in [0.5, 0.6) is 5.75 Å². The van der Waals surface area contributed by atoms with Crippen molar-refractivity contribution in [1.82, 2.24) is 19.7 Å². The first-order valence-electron chi connectivity index (χ1n) is 17.7. The molecule has 3 aliphatic heterocycles. The molecule has 10 nitrogen and oxygen atoms in total. The van der Waals surface area contributed by atoms with Crippen molar-refractivity contribution in [1.29, 1.82) is 0 Å². The number of nitrogens with two attached hydrogens (primary N) is 1. The molecule has 5 heterocycles. The van der Waals surface area contributed by atoms with Crippen molar-refractivity contribution in [3.63, 3.8) is 0 Å². The lowest BCUT2D eigenvalue weighted by Crippen LogP contribution is -2.41. The summed E-state index contributed by atoms with van der Waals surface area (Å²) in [4.78, 5) is 58.4. The van der Waals surface area contributed by atoms with E-state index in [2.05, 4.69) is 11.6 Å². The number of unbranched alkanes of at least 4 members (excludes halogenated alkanes) is 3. The first-order chi connectivity index (χ1) is 24.1. The van der Waals surface area contributed by atoms with Crippen LogP contribution in [0, 0.1) is 6.92 Å². The Hall–Kier alpha value is -3.80. The normalized spacial score (nSPS) is 16.8. The van der Waals surface area contributed by atoms with Crippen LogP contribution < -0.4 is 10.5 Å². The monoisotopic (exact) mass is 721 g/mol. The van der Waals surface area contributed by atoms with Gasteiger partial charge in [-0.3, -0.25) is 29.1 Å². The molecule has 3 aromatic rings. The molecule has 0 aliphatic carbocycles. The van der Waals surface area contributed by atoms with Crippen LogP contribution in [-0.2, 0) is 25.7 Å². The SMILES string of the molecule is C=C1CCC(=O)N1CC.Cc1cc(Cl)cc(-c2ccnc3cc(CN4C(=O)CCC4=O)sc23)c1OC1CCN(C(=O)CCCCCCN)CC1. The van der Waals surface area contributed by atoms with Crippen molar-refractivity contribution < 1.29 is 23.9 Å². The van der Waals surface area contributed by atoms with Crippen LogP contribution in [0.1, 0.15) is 88.0 Å². The predicted molar refractivity (Wildman–Crippen MR) is 198 cm³/mol. The number of likely N-dealkylation sites (tertiary alicyclic amines) is 3. The van der Waals surface area contributed by atoms with Gasteiger partial charge in [-0.15, -0.1) is 11.3 Å². The van der Waals surface area contributed by atoms with Gasteiger partial charge in [-0.1, -0.05) is 31.0 Å². The summed E-state index contributed by atoms with van der Waals surface area (Å²) in [5, 5.41) is 0.617. The number of piperidine rings is 1. The van der Waals surface area contributed by atoms with Gasteiger partial charge in [0.1, 0.15) is 11.9 Å². The van der Waals surface area contributed by atoms with Crippen molar-refractivity contribution in [2.24, 2.45) is 5.73 Å². The number of hydrogen-bond donors (Lipinski definition) is 1. The number of carbonyl (C=O) groups excluding carboxylic acids is 4. The second-order valence-electron chi connectivity index (χ2n) is 13.1. The molecule has 1 aromatic carbocycles. The van der Waals surface area contributed by atoms with Crippen LogP contribution in [0.15, 0.2) is 42.7 Å². The number of fused-ring (bicyclic) bond motifs is 1. The maximum absolute atomic E-state index is 12.7. The van der Waals surface area contributed by atoms with Crippen molar-refractivity contribution >= 4 is 56.8 Å². The number of aromatic nitrogens is 1. The van der Waals surface area contributed by atoms with Crippen molar-refractivity contribution in [3.05, 3.63) is 58.2 Å². The van der Waals surface area contributed by atoms with Crippen molar-refractivity contribution in [3.8, 4) is 16.9 Å². The molecule has 2 aromatic heterocycles. The fourth-order valence-corrected chi connectivity index (χ4v) is 8.14. The van der Waals surface area contributed by atoms with Gasteiger partial charge in [-0.25, -0.2) is 0 Å². The molecular formula is C38H48ClN5O5S. The number of rotatable bonds is 12. The number of imide groups is 1. The van der Waals surface area contributed by atoms with E-state index in [0.717, 1.165) is 94.7 Å². The molecule has 12 heteroatoms. The molecule has 0 unspecified atom stereocenters. The minimum atomic E-state index is -0.128. The second-order valence-corrected chi connectivity index (χ2v) is 14.7. The van der Waals surface area contributed by atoms with Crippen LogP contribution in [0.25, 0.3) is 21.3 Å². The number of benzene rings is 1. The number of nitrogens with zero attached hydrogens (tertiary/aromatic N) is 4. The average Bonchev–Trinajstić information content (AvgIpc) is 3.77. The minimum Gasteiger partial charge on any atom is -0.489 e. The standard InChI is InChI=1S/C31H37ClN4O4S.C7H11NO/c1-20-16-21(32)17-25(30(20)40-22-10-14-35(15-11-22)27(37)6-4-2-3-5-12-33)24-9-13-34-26-18-23(41-31(24)26)19-36-28(38)7-8-29(36)39;1-3-8-6(2)4-5-7(8)9/h9,13,16-18,22H,2-8,10-12,14-15,19,33H2,1H3;2-5H2,1H3. The second kappa shape index (κ2) is 17.4. The highest BCUT2D eigenvalue weighted by Crippen LogP contribution is 2.42. The Morgan fingerprint density at radius 2 is 1.66 bits per heavy atom. The van der Waals surface area contributed by atoms with E-state index in [4.69, 9.17) is 22.1 Å². The molecule has 4 amide bonds. The summed E-state index contributed by atoms with van der Waals surface area (Å²) >= 11 is 8.07. The summed E-state index contributed by atoms with van der Waals surface area (Å²) in [5.74, 6) is 0.979. The fourth-order valence-electron chi connectivity index (χ4n) is 6.74. The van der Waals surface area contributed by atoms with Crippen LogP contribution in [0.4, 0.5) is 0 Å². The number of pyridine rings is 1. The zero-order chi connectivity index (χ0) is 35.8. The first kappa shape index (κ1) is 37.5. The highest BCUT2D eigenvalue weighted by Gasteiger charge is 2.30. The molecule has 6 rings (SSSR count). The lowest BCUT2D eigenvalue weighted by Gasteiger charge is -2.33. The van der Waals surface area contributed by atoms with Gasteiger partial charge in [-0.05, 0) is 69.5 Å². The molecule has 3 aliphatic rings. The largest absolute Gasteiger partial charge is 0.489 e. The van der Waals surface area contributed by atoms with Gasteiger partial charge in [0.2, 0.25) is 23.6 Å². The smallest absolute Gasteiger partial charge is 0.230 e. The van der Waals surface area contributed by atoms with Crippen LogP contribution >= 0.6 is 22.9 Å². The quantitative estimate of drug-likeness (QED) is 0.158. The van der Waals surface area contributed by atoms with Crippen molar-refractivity contribution in [2.45, 2.75) is 97.1 Å². The molecule has 3 fully saturated rings. The summed E-state index contributed by atoms with van der Waals surface area (Å²) in [7, 11) is 0.